The SMILES string of the molecule is CCCCCCCCCOC1CCC(C(CC)CC2CCC(C3CCC(OC)CC3)CC2)CC1. The van der Waals surface area contributed by atoms with Crippen LogP contribution in [0, 0.1) is 29.6 Å². The molecule has 1 unspecified atom stereocenters. The lowest BCUT2D eigenvalue weighted by molar-refractivity contribution is 0.00601. The van der Waals surface area contributed by atoms with Crippen LogP contribution < -0.4 is 0 Å². The normalized spacial score (nSPS) is 33.6. The Morgan fingerprint density at radius 2 is 1.18 bits per heavy atom. The second-order valence-corrected chi connectivity index (χ2v) is 12.5. The molecule has 0 radical (unpaired) electrons. The van der Waals surface area contributed by atoms with Crippen LogP contribution in [0.25, 0.3) is 0 Å². The molecule has 3 rings (SSSR count). The molecule has 0 spiro atoms. The lowest BCUT2D eigenvalue weighted by Gasteiger charge is -2.40. The topological polar surface area (TPSA) is 18.5 Å². The summed E-state index contributed by atoms with van der Waals surface area (Å²) in [5.74, 6) is 5.00. The largest absolute Gasteiger partial charge is 0.381 e. The van der Waals surface area contributed by atoms with E-state index in [1.54, 1.807) is 0 Å². The van der Waals surface area contributed by atoms with E-state index < -0.39 is 0 Å². The van der Waals surface area contributed by atoms with Crippen molar-refractivity contribution in [2.45, 2.75) is 161 Å². The van der Waals surface area contributed by atoms with Crippen molar-refractivity contribution in [1.82, 2.24) is 0 Å². The molecule has 34 heavy (non-hydrogen) atoms. The second-order valence-electron chi connectivity index (χ2n) is 12.5. The maximum atomic E-state index is 6.30. The van der Waals surface area contributed by atoms with E-state index in [0.717, 1.165) is 36.2 Å². The maximum Gasteiger partial charge on any atom is 0.0575 e. The van der Waals surface area contributed by atoms with Gasteiger partial charge in [0, 0.05) is 13.7 Å². The second kappa shape index (κ2) is 16.6. The van der Waals surface area contributed by atoms with Crippen LogP contribution in [0.5, 0.6) is 0 Å². The molecule has 2 heteroatoms. The van der Waals surface area contributed by atoms with E-state index in [9.17, 15) is 0 Å². The van der Waals surface area contributed by atoms with E-state index in [-0.39, 0.29) is 0 Å². The summed E-state index contributed by atoms with van der Waals surface area (Å²) in [7, 11) is 1.90. The molecule has 0 saturated heterocycles. The molecule has 0 aromatic rings. The van der Waals surface area contributed by atoms with Crippen molar-refractivity contribution in [3.05, 3.63) is 0 Å². The molecule has 0 bridgehead atoms. The number of hydrogen-bond acceptors (Lipinski definition) is 2. The van der Waals surface area contributed by atoms with Gasteiger partial charge >= 0.3 is 0 Å². The van der Waals surface area contributed by atoms with Crippen LogP contribution in [0.15, 0.2) is 0 Å². The van der Waals surface area contributed by atoms with Gasteiger partial charge in [-0.2, -0.15) is 0 Å². The summed E-state index contributed by atoms with van der Waals surface area (Å²) in [6.45, 7) is 5.77. The third-order valence-electron chi connectivity index (χ3n) is 10.3. The molecule has 200 valence electrons. The van der Waals surface area contributed by atoms with Crippen molar-refractivity contribution in [1.29, 1.82) is 0 Å². The number of rotatable bonds is 15. The molecule has 0 heterocycles. The predicted octanol–water partition coefficient (Wildman–Crippen LogP) is 9.74. The van der Waals surface area contributed by atoms with Gasteiger partial charge in [0.1, 0.15) is 0 Å². The van der Waals surface area contributed by atoms with Gasteiger partial charge in [-0.05, 0) is 107 Å². The molecule has 3 aliphatic rings. The quantitative estimate of drug-likeness (QED) is 0.219. The monoisotopic (exact) mass is 476 g/mol. The molecule has 3 saturated carbocycles. The fourth-order valence-corrected chi connectivity index (χ4v) is 7.85. The molecule has 0 aromatic carbocycles. The third kappa shape index (κ3) is 9.76. The smallest absolute Gasteiger partial charge is 0.0575 e. The first-order valence-corrected chi connectivity index (χ1v) is 15.9. The summed E-state index contributed by atoms with van der Waals surface area (Å²) in [5.41, 5.74) is 0. The lowest BCUT2D eigenvalue weighted by atomic mass is 9.67. The Balaban J connectivity index is 1.25. The van der Waals surface area contributed by atoms with Crippen LogP contribution >= 0.6 is 0 Å². The average Bonchev–Trinajstić information content (AvgIpc) is 2.90. The first kappa shape index (κ1) is 28.5. The van der Waals surface area contributed by atoms with Crippen LogP contribution in [-0.2, 0) is 9.47 Å². The van der Waals surface area contributed by atoms with Crippen molar-refractivity contribution in [3.63, 3.8) is 0 Å². The molecule has 0 N–H and O–H groups in total. The van der Waals surface area contributed by atoms with Crippen LogP contribution in [0.2, 0.25) is 0 Å². The van der Waals surface area contributed by atoms with Gasteiger partial charge in [-0.25, -0.2) is 0 Å². The molecule has 1 atom stereocenters. The third-order valence-corrected chi connectivity index (χ3v) is 10.3. The number of ether oxygens (including phenoxy) is 2. The van der Waals surface area contributed by atoms with Gasteiger partial charge in [0.25, 0.3) is 0 Å². The van der Waals surface area contributed by atoms with Crippen molar-refractivity contribution in [2.75, 3.05) is 13.7 Å². The summed E-state index contributed by atoms with van der Waals surface area (Å²) in [6, 6.07) is 0. The van der Waals surface area contributed by atoms with E-state index >= 15 is 0 Å². The van der Waals surface area contributed by atoms with E-state index in [0.29, 0.717) is 12.2 Å². The van der Waals surface area contributed by atoms with Crippen LogP contribution in [0.1, 0.15) is 149 Å². The van der Waals surface area contributed by atoms with Gasteiger partial charge in [0.2, 0.25) is 0 Å². The summed E-state index contributed by atoms with van der Waals surface area (Å²) < 4.78 is 11.9. The Morgan fingerprint density at radius 3 is 1.76 bits per heavy atom. The minimum absolute atomic E-state index is 0.554. The molecule has 3 aliphatic carbocycles. The van der Waals surface area contributed by atoms with Gasteiger partial charge < -0.3 is 9.47 Å². The van der Waals surface area contributed by atoms with Gasteiger partial charge in [-0.3, -0.25) is 0 Å². The van der Waals surface area contributed by atoms with Crippen LogP contribution in [0.3, 0.4) is 0 Å². The molecule has 0 aromatic heterocycles. The standard InChI is InChI=1S/C32H60O2/c1-4-6-7-8-9-10-11-24-34-32-22-18-28(19-23-32)27(5-2)25-26-12-14-29(15-13-26)30-16-20-31(33-3)21-17-30/h26-32H,4-25H2,1-3H3. The van der Waals surface area contributed by atoms with Crippen LogP contribution in [0.4, 0.5) is 0 Å². The maximum absolute atomic E-state index is 6.30. The Bertz CT molecular complexity index is 481. The molecule has 3 fully saturated rings. The first-order valence-electron chi connectivity index (χ1n) is 15.9. The average molecular weight is 477 g/mol. The molecule has 2 nitrogen and oxygen atoms in total. The van der Waals surface area contributed by atoms with E-state index in [1.807, 2.05) is 7.11 Å². The first-order chi connectivity index (χ1) is 16.7. The fraction of sp³-hybridized carbons (Fsp3) is 1.00. The summed E-state index contributed by atoms with van der Waals surface area (Å²) in [6.07, 6.45) is 30.8. The number of methoxy groups -OCH3 is 1. The zero-order chi connectivity index (χ0) is 24.0. The lowest BCUT2D eigenvalue weighted by Crippen LogP contribution is -2.30. The number of unbranched alkanes of at least 4 members (excludes halogenated alkanes) is 6. The van der Waals surface area contributed by atoms with Crippen molar-refractivity contribution in [3.8, 4) is 0 Å². The van der Waals surface area contributed by atoms with E-state index in [4.69, 9.17) is 9.47 Å². The van der Waals surface area contributed by atoms with Gasteiger partial charge in [0.05, 0.1) is 12.2 Å². The highest BCUT2D eigenvalue weighted by Crippen LogP contribution is 2.44. The molecular weight excluding hydrogens is 416 g/mol. The zero-order valence-electron chi connectivity index (χ0n) is 23.4. The highest BCUT2D eigenvalue weighted by molar-refractivity contribution is 4.85. The molecule has 0 aliphatic heterocycles. The van der Waals surface area contributed by atoms with Crippen LogP contribution in [-0.4, -0.2) is 25.9 Å². The summed E-state index contributed by atoms with van der Waals surface area (Å²) >= 11 is 0. The van der Waals surface area contributed by atoms with E-state index in [2.05, 4.69) is 13.8 Å². The number of hydrogen-bond donors (Lipinski definition) is 0. The Labute approximate surface area is 213 Å². The van der Waals surface area contributed by atoms with Crippen molar-refractivity contribution in [2.24, 2.45) is 29.6 Å². The Morgan fingerprint density at radius 1 is 0.618 bits per heavy atom. The highest BCUT2D eigenvalue weighted by atomic mass is 16.5. The minimum Gasteiger partial charge on any atom is -0.381 e. The fourth-order valence-electron chi connectivity index (χ4n) is 7.85. The van der Waals surface area contributed by atoms with E-state index in [1.165, 1.54) is 135 Å². The minimum atomic E-state index is 0.554. The Kier molecular flexibility index (Phi) is 13.9. The molecular formula is C32H60O2. The zero-order valence-corrected chi connectivity index (χ0v) is 23.4. The Hall–Kier alpha value is -0.0800. The van der Waals surface area contributed by atoms with Crippen molar-refractivity contribution < 1.29 is 9.47 Å². The molecule has 0 amide bonds. The van der Waals surface area contributed by atoms with Crippen molar-refractivity contribution >= 4 is 0 Å². The van der Waals surface area contributed by atoms with Gasteiger partial charge in [-0.15, -0.1) is 0 Å². The predicted molar refractivity (Wildman–Crippen MR) is 146 cm³/mol. The van der Waals surface area contributed by atoms with Gasteiger partial charge in [0.15, 0.2) is 0 Å². The highest BCUT2D eigenvalue weighted by Gasteiger charge is 2.33. The summed E-state index contributed by atoms with van der Waals surface area (Å²) in [4.78, 5) is 0. The van der Waals surface area contributed by atoms with Gasteiger partial charge in [-0.1, -0.05) is 71.6 Å². The summed E-state index contributed by atoms with van der Waals surface area (Å²) in [5, 5.41) is 0.